The molecule has 0 saturated carbocycles. The summed E-state index contributed by atoms with van der Waals surface area (Å²) in [6.45, 7) is 3.73. The van der Waals surface area contributed by atoms with Gasteiger partial charge in [-0.15, -0.1) is 0 Å². The van der Waals surface area contributed by atoms with Gasteiger partial charge in [-0.1, -0.05) is 35.6 Å². The molecule has 3 heterocycles. The number of amides is 1. The minimum atomic E-state index is -0.0907. The normalized spacial score (nSPS) is 15.0. The van der Waals surface area contributed by atoms with Crippen LogP contribution in [-0.4, -0.2) is 41.6 Å². The Bertz CT molecular complexity index is 1160. The molecule has 0 aliphatic carbocycles. The quantitative estimate of drug-likeness (QED) is 0.446. The average molecular weight is 423 g/mol. The molecule has 1 amide bonds. The van der Waals surface area contributed by atoms with Crippen molar-refractivity contribution in [1.29, 1.82) is 0 Å². The molecule has 0 spiro atoms. The Labute approximate surface area is 178 Å². The first kappa shape index (κ1) is 18.9. The van der Waals surface area contributed by atoms with E-state index >= 15 is 0 Å². The fourth-order valence-corrected chi connectivity index (χ4v) is 4.67. The van der Waals surface area contributed by atoms with E-state index in [4.69, 9.17) is 13.9 Å². The van der Waals surface area contributed by atoms with Crippen LogP contribution in [0.1, 0.15) is 30.3 Å². The van der Waals surface area contributed by atoms with Crippen molar-refractivity contribution in [1.82, 2.24) is 9.88 Å². The van der Waals surface area contributed by atoms with Gasteiger partial charge < -0.3 is 18.8 Å². The number of hydrogen-bond acceptors (Lipinski definition) is 6. The molecule has 1 aliphatic rings. The van der Waals surface area contributed by atoms with Gasteiger partial charge >= 0.3 is 0 Å². The predicted molar refractivity (Wildman–Crippen MR) is 117 cm³/mol. The number of benzene rings is 2. The van der Waals surface area contributed by atoms with Crippen molar-refractivity contribution in [2.45, 2.75) is 25.9 Å². The fraction of sp³-hybridized carbons (Fsp3) is 0.304. The molecule has 0 radical (unpaired) electrons. The number of carbonyl (C=O) groups is 1. The van der Waals surface area contributed by atoms with Gasteiger partial charge in [0.2, 0.25) is 0 Å². The Morgan fingerprint density at radius 2 is 2.03 bits per heavy atom. The summed E-state index contributed by atoms with van der Waals surface area (Å²) in [6, 6.07) is 15.5. The fourth-order valence-electron chi connectivity index (χ4n) is 3.79. The van der Waals surface area contributed by atoms with Gasteiger partial charge in [-0.25, -0.2) is 4.98 Å². The molecule has 1 aliphatic heterocycles. The Morgan fingerprint density at radius 3 is 2.83 bits per heavy atom. The molecule has 7 heteroatoms. The maximum atomic E-state index is 13.0. The van der Waals surface area contributed by atoms with Crippen LogP contribution in [0.4, 0.5) is 0 Å². The van der Waals surface area contributed by atoms with E-state index in [9.17, 15) is 4.79 Å². The molecule has 30 heavy (non-hydrogen) atoms. The Morgan fingerprint density at radius 1 is 1.20 bits per heavy atom. The number of thiazole rings is 1. The third-order valence-electron chi connectivity index (χ3n) is 5.29. The molecule has 154 valence electrons. The third-order valence-corrected chi connectivity index (χ3v) is 6.22. The van der Waals surface area contributed by atoms with E-state index < -0.39 is 0 Å². The molecule has 2 aromatic carbocycles. The summed E-state index contributed by atoms with van der Waals surface area (Å²) in [5.74, 6) is 0.923. The highest BCUT2D eigenvalue weighted by atomic mass is 32.1. The highest BCUT2D eigenvalue weighted by Gasteiger charge is 2.27. The Kier molecular flexibility index (Phi) is 5.04. The van der Waals surface area contributed by atoms with Crippen molar-refractivity contribution in [3.63, 3.8) is 0 Å². The third kappa shape index (κ3) is 3.61. The van der Waals surface area contributed by atoms with Crippen LogP contribution in [0.2, 0.25) is 0 Å². The lowest BCUT2D eigenvalue weighted by atomic mass is 10.1. The number of fused-ring (bicyclic) bond motifs is 2. The van der Waals surface area contributed by atoms with Crippen LogP contribution in [0.5, 0.6) is 10.9 Å². The summed E-state index contributed by atoms with van der Waals surface area (Å²) in [7, 11) is 0. The van der Waals surface area contributed by atoms with E-state index in [0.717, 1.165) is 28.4 Å². The second-order valence-electron chi connectivity index (χ2n) is 7.28. The van der Waals surface area contributed by atoms with Crippen molar-refractivity contribution >= 4 is 38.4 Å². The second-order valence-corrected chi connectivity index (χ2v) is 8.27. The molecule has 1 fully saturated rings. The summed E-state index contributed by atoms with van der Waals surface area (Å²) in [5, 5.41) is 1.57. The minimum absolute atomic E-state index is 0.0647. The van der Waals surface area contributed by atoms with Gasteiger partial charge in [-0.2, -0.15) is 0 Å². The summed E-state index contributed by atoms with van der Waals surface area (Å²) in [6.07, 6.45) is 1.60. The molecular weight excluding hydrogens is 400 g/mol. The Balaban J connectivity index is 1.24. The van der Waals surface area contributed by atoms with Crippen molar-refractivity contribution in [2.24, 2.45) is 0 Å². The number of aromatic nitrogens is 1. The maximum absolute atomic E-state index is 13.0. The minimum Gasteiger partial charge on any atom is -0.490 e. The first-order valence-electron chi connectivity index (χ1n) is 10.2. The SMILES string of the molecule is CCOc1cccc2cc(C(=O)N3CCC(Oc4nc5ccccc5s4)CC3)oc12. The number of piperidine rings is 1. The second kappa shape index (κ2) is 7.99. The smallest absolute Gasteiger partial charge is 0.289 e. The summed E-state index contributed by atoms with van der Waals surface area (Å²) in [5.41, 5.74) is 1.58. The number of rotatable bonds is 5. The number of ether oxygens (including phenoxy) is 2. The lowest BCUT2D eigenvalue weighted by Gasteiger charge is -2.31. The lowest BCUT2D eigenvalue weighted by molar-refractivity contribution is 0.0568. The molecule has 6 nitrogen and oxygen atoms in total. The van der Waals surface area contributed by atoms with Crippen LogP contribution in [0.15, 0.2) is 52.9 Å². The van der Waals surface area contributed by atoms with E-state index in [-0.39, 0.29) is 12.0 Å². The van der Waals surface area contributed by atoms with Gasteiger partial charge in [0.1, 0.15) is 6.10 Å². The predicted octanol–water partition coefficient (Wildman–Crippen LogP) is 5.12. The van der Waals surface area contributed by atoms with E-state index in [1.165, 1.54) is 0 Å². The van der Waals surface area contributed by atoms with E-state index in [2.05, 4.69) is 4.98 Å². The number of likely N-dealkylation sites (tertiary alicyclic amines) is 1. The zero-order valence-corrected chi connectivity index (χ0v) is 17.5. The van der Waals surface area contributed by atoms with Gasteiger partial charge in [0.05, 0.1) is 16.8 Å². The molecular formula is C23H22N2O4S. The van der Waals surface area contributed by atoms with Crippen LogP contribution in [0.3, 0.4) is 0 Å². The van der Waals surface area contributed by atoms with Crippen LogP contribution in [-0.2, 0) is 0 Å². The largest absolute Gasteiger partial charge is 0.490 e. The molecule has 2 aromatic heterocycles. The first-order chi connectivity index (χ1) is 14.7. The molecule has 5 rings (SSSR count). The molecule has 1 saturated heterocycles. The van der Waals surface area contributed by atoms with Crippen molar-refractivity contribution in [2.75, 3.05) is 19.7 Å². The van der Waals surface area contributed by atoms with Gasteiger partial charge in [0, 0.05) is 31.3 Å². The van der Waals surface area contributed by atoms with Gasteiger partial charge in [-0.05, 0) is 31.2 Å². The van der Waals surface area contributed by atoms with Crippen LogP contribution < -0.4 is 9.47 Å². The van der Waals surface area contributed by atoms with Crippen molar-refractivity contribution in [3.05, 3.63) is 54.3 Å². The van der Waals surface area contributed by atoms with E-state index in [1.807, 2.05) is 54.3 Å². The van der Waals surface area contributed by atoms with Gasteiger partial charge in [0.15, 0.2) is 17.1 Å². The van der Waals surface area contributed by atoms with Crippen LogP contribution in [0.25, 0.3) is 21.2 Å². The van der Waals surface area contributed by atoms with Crippen LogP contribution >= 0.6 is 11.3 Å². The topological polar surface area (TPSA) is 64.8 Å². The Hall–Kier alpha value is -3.06. The number of hydrogen-bond donors (Lipinski definition) is 0. The molecule has 0 bridgehead atoms. The summed E-state index contributed by atoms with van der Waals surface area (Å²) < 4.78 is 18.7. The lowest BCUT2D eigenvalue weighted by Crippen LogP contribution is -2.41. The highest BCUT2D eigenvalue weighted by Crippen LogP contribution is 2.31. The van der Waals surface area contributed by atoms with Gasteiger partial charge in [0.25, 0.3) is 11.1 Å². The van der Waals surface area contributed by atoms with E-state index in [0.29, 0.717) is 42.0 Å². The van der Waals surface area contributed by atoms with Crippen LogP contribution in [0, 0.1) is 0 Å². The maximum Gasteiger partial charge on any atom is 0.289 e. The zero-order chi connectivity index (χ0) is 20.5. The molecule has 0 unspecified atom stereocenters. The number of furan rings is 1. The summed E-state index contributed by atoms with van der Waals surface area (Å²) in [4.78, 5) is 19.3. The molecule has 4 aromatic rings. The highest BCUT2D eigenvalue weighted by molar-refractivity contribution is 7.20. The monoisotopic (exact) mass is 422 g/mol. The standard InChI is InChI=1S/C23H22N2O4S/c1-2-27-18-8-5-6-15-14-19(29-21(15)18)22(26)25-12-10-16(11-13-25)28-23-24-17-7-3-4-9-20(17)30-23/h3-9,14,16H,2,10-13H2,1H3. The molecule has 0 atom stereocenters. The van der Waals surface area contributed by atoms with Crippen molar-refractivity contribution < 1.29 is 18.7 Å². The number of carbonyl (C=O) groups excluding carboxylic acids is 1. The summed E-state index contributed by atoms with van der Waals surface area (Å²) >= 11 is 1.56. The van der Waals surface area contributed by atoms with Gasteiger partial charge in [-0.3, -0.25) is 4.79 Å². The average Bonchev–Trinajstić information content (AvgIpc) is 3.38. The number of nitrogens with zero attached hydrogens (tertiary/aromatic N) is 2. The zero-order valence-electron chi connectivity index (χ0n) is 16.7. The number of para-hydroxylation sites is 2. The van der Waals surface area contributed by atoms with E-state index in [1.54, 1.807) is 17.4 Å². The molecule has 0 N–H and O–H groups in total. The van der Waals surface area contributed by atoms with Crippen molar-refractivity contribution in [3.8, 4) is 10.9 Å². The first-order valence-corrected chi connectivity index (χ1v) is 11.0.